The molecule has 2 aromatic heterocycles. The number of nitrogens with zero attached hydrogens (tertiary/aromatic N) is 6. The average Bonchev–Trinajstić information content (AvgIpc) is 3.73. The number of anilines is 1. The van der Waals surface area contributed by atoms with Gasteiger partial charge in [0.15, 0.2) is 0 Å². The van der Waals surface area contributed by atoms with E-state index >= 15 is 0 Å². The van der Waals surface area contributed by atoms with Crippen LogP contribution in [-0.2, 0) is 48.0 Å². The number of esters is 1. The summed E-state index contributed by atoms with van der Waals surface area (Å²) in [5.41, 5.74) is 12.8. The number of cyclic esters (lactones) is 1. The number of carbonyl (C=O) groups excluding carboxylic acids is 4. The lowest BCUT2D eigenvalue weighted by Gasteiger charge is -2.37. The second-order valence-electron chi connectivity index (χ2n) is 21.6. The molecular formula is C60H76N8O7. The van der Waals surface area contributed by atoms with E-state index in [0.29, 0.717) is 43.5 Å². The summed E-state index contributed by atoms with van der Waals surface area (Å²) in [6, 6.07) is 23.2. The molecule has 2 fully saturated rings. The minimum absolute atomic E-state index is 0.116. The van der Waals surface area contributed by atoms with Crippen LogP contribution >= 0.6 is 0 Å². The molecule has 15 nitrogen and oxygen atoms in total. The molecule has 0 spiro atoms. The van der Waals surface area contributed by atoms with Gasteiger partial charge >= 0.3 is 5.97 Å². The molecule has 2 saturated heterocycles. The summed E-state index contributed by atoms with van der Waals surface area (Å²) in [6.07, 6.45) is 4.89. The minimum atomic E-state index is -1.09. The van der Waals surface area contributed by atoms with Crippen molar-refractivity contribution in [2.75, 3.05) is 72.0 Å². The van der Waals surface area contributed by atoms with Crippen molar-refractivity contribution in [1.82, 2.24) is 35.1 Å². The van der Waals surface area contributed by atoms with Crippen molar-refractivity contribution in [1.29, 1.82) is 0 Å². The summed E-state index contributed by atoms with van der Waals surface area (Å²) in [6.45, 7) is 20.8. The highest BCUT2D eigenvalue weighted by molar-refractivity contribution is 6.09. The maximum Gasteiger partial charge on any atom is 0.324 e. The van der Waals surface area contributed by atoms with Crippen LogP contribution < -0.4 is 15.6 Å². The van der Waals surface area contributed by atoms with E-state index in [2.05, 4.69) is 95.9 Å². The summed E-state index contributed by atoms with van der Waals surface area (Å²) < 4.78 is 14.6. The SMILES string of the molecule is C=C(C(=O)N(C)C(C(=O)N[C@H]1Cc2cccc(c2)-c2ccc3c(c2)c(c(-c2cc(N4CCN(C)CC4)cnc2[C@H](C)OC)n3CC)CC(C)(C)COC(=O)[C@@H]2CCCN(N2)C1=O)C(C)C)/C(=C\CO)c1ccccc1. The van der Waals surface area contributed by atoms with Crippen LogP contribution in [0.1, 0.15) is 82.9 Å². The van der Waals surface area contributed by atoms with Crippen molar-refractivity contribution in [3.8, 4) is 22.4 Å². The van der Waals surface area contributed by atoms with Crippen LogP contribution in [-0.4, -0.2) is 138 Å². The highest BCUT2D eigenvalue weighted by atomic mass is 16.5. The van der Waals surface area contributed by atoms with Crippen LogP contribution in [0.5, 0.6) is 0 Å². The zero-order chi connectivity index (χ0) is 53.7. The Kier molecular flexibility index (Phi) is 17.1. The van der Waals surface area contributed by atoms with Crippen molar-refractivity contribution >= 4 is 45.9 Å². The van der Waals surface area contributed by atoms with Gasteiger partial charge in [-0.3, -0.25) is 29.2 Å². The number of aryl methyl sites for hydroxylation is 1. The summed E-state index contributed by atoms with van der Waals surface area (Å²) in [7, 11) is 5.43. The average molecular weight is 1020 g/mol. The number of fused-ring (bicyclic) bond motifs is 6. The van der Waals surface area contributed by atoms with Gasteiger partial charge in [-0.25, -0.2) is 5.43 Å². The molecule has 4 atom stereocenters. The Morgan fingerprint density at radius 2 is 1.73 bits per heavy atom. The van der Waals surface area contributed by atoms with E-state index in [0.717, 1.165) is 82.0 Å². The fraction of sp³-hybridized carbons (Fsp3) is 0.450. The van der Waals surface area contributed by atoms with E-state index in [4.69, 9.17) is 14.5 Å². The second-order valence-corrected chi connectivity index (χ2v) is 21.6. The van der Waals surface area contributed by atoms with Gasteiger partial charge in [0, 0.05) is 87.3 Å². The number of methoxy groups -OCH3 is 1. The topological polar surface area (TPSA) is 162 Å². The zero-order valence-corrected chi connectivity index (χ0v) is 45.3. The number of carbonyl (C=O) groups is 4. The Morgan fingerprint density at radius 3 is 2.43 bits per heavy atom. The first-order chi connectivity index (χ1) is 35.9. The van der Waals surface area contributed by atoms with Gasteiger partial charge in [0.1, 0.15) is 18.1 Å². The number of ether oxygens (including phenoxy) is 2. The van der Waals surface area contributed by atoms with Crippen LogP contribution in [0.4, 0.5) is 5.69 Å². The Bertz CT molecular complexity index is 2940. The monoisotopic (exact) mass is 1020 g/mol. The minimum Gasteiger partial charge on any atom is -0.464 e. The molecule has 0 aliphatic carbocycles. The lowest BCUT2D eigenvalue weighted by molar-refractivity contribution is -0.155. The number of rotatable bonds is 13. The summed E-state index contributed by atoms with van der Waals surface area (Å²) in [5.74, 6) is -2.27. The molecule has 398 valence electrons. The standard InChI is InChI=1S/C60H76N8O7/c1-11-67-52-23-22-44-33-47(52)49(55(67)48-34-45(36-61-53(48)40(5)74-10)66-28-26-64(8)27-29-66)35-60(6,7)37-75-59(73)50-21-16-25-68(63-50)58(72)51(32-41-17-15-20-43(44)31-41)62-56(70)54(38(2)3)65(9)57(71)39(4)46(24-30-69)42-18-13-12-14-19-42/h12-15,17-20,22-24,31,33-34,36,38,40,50-51,54,63,69H,4,11,16,21,25-30,32,35,37H2,1-3,5-10H3,(H,62,70)/b46-24+/t40-,50-,51-,54?/m0/s1. The first-order valence-corrected chi connectivity index (χ1v) is 26.5. The number of amides is 3. The number of aromatic nitrogens is 2. The maximum absolute atomic E-state index is 14.9. The van der Waals surface area contributed by atoms with Gasteiger partial charge in [0.05, 0.1) is 42.6 Å². The molecule has 0 saturated carbocycles. The number of hydrogen-bond acceptors (Lipinski definition) is 11. The van der Waals surface area contributed by atoms with Crippen LogP contribution in [0.3, 0.4) is 0 Å². The van der Waals surface area contributed by atoms with Crippen molar-refractivity contribution in [2.45, 2.75) is 98.0 Å². The Morgan fingerprint density at radius 1 is 1.00 bits per heavy atom. The van der Waals surface area contributed by atoms with E-state index in [-0.39, 0.29) is 37.2 Å². The van der Waals surface area contributed by atoms with E-state index in [1.54, 1.807) is 14.2 Å². The molecule has 1 unspecified atom stereocenters. The molecule has 6 bridgehead atoms. The van der Waals surface area contributed by atoms with Crippen molar-refractivity contribution in [3.05, 3.63) is 126 Å². The van der Waals surface area contributed by atoms with Gasteiger partial charge in [0.2, 0.25) is 5.91 Å². The molecular weight excluding hydrogens is 945 g/mol. The lowest BCUT2D eigenvalue weighted by atomic mass is 9.84. The van der Waals surface area contributed by atoms with Crippen LogP contribution in [0, 0.1) is 11.3 Å². The molecule has 0 radical (unpaired) electrons. The fourth-order valence-electron chi connectivity index (χ4n) is 11.0. The smallest absolute Gasteiger partial charge is 0.324 e. The van der Waals surface area contributed by atoms with Crippen LogP contribution in [0.15, 0.2) is 103 Å². The van der Waals surface area contributed by atoms with Crippen molar-refractivity contribution in [2.24, 2.45) is 11.3 Å². The van der Waals surface area contributed by atoms with E-state index in [9.17, 15) is 24.3 Å². The third kappa shape index (κ3) is 11.9. The van der Waals surface area contributed by atoms with Gasteiger partial charge in [-0.05, 0) is 97.7 Å². The number of pyridine rings is 1. The molecule has 8 rings (SSSR count). The number of hydrazine groups is 1. The molecule has 3 N–H and O–H groups in total. The predicted molar refractivity (Wildman–Crippen MR) is 295 cm³/mol. The predicted octanol–water partition coefficient (Wildman–Crippen LogP) is 7.61. The molecule has 5 aromatic rings. The van der Waals surface area contributed by atoms with Gasteiger partial charge in [0.25, 0.3) is 11.8 Å². The van der Waals surface area contributed by atoms with Crippen LogP contribution in [0.25, 0.3) is 38.9 Å². The summed E-state index contributed by atoms with van der Waals surface area (Å²) in [5, 5.41) is 15.5. The highest BCUT2D eigenvalue weighted by Gasteiger charge is 2.38. The number of benzene rings is 3. The third-order valence-corrected chi connectivity index (χ3v) is 15.2. The Balaban J connectivity index is 1.20. The van der Waals surface area contributed by atoms with E-state index < -0.39 is 47.2 Å². The number of aliphatic hydroxyl groups is 1. The number of nitrogens with one attached hydrogen (secondary N) is 2. The number of hydrogen-bond donors (Lipinski definition) is 3. The summed E-state index contributed by atoms with van der Waals surface area (Å²) >= 11 is 0. The second kappa shape index (κ2) is 23.5. The number of piperazine rings is 1. The maximum atomic E-state index is 14.9. The van der Waals surface area contributed by atoms with Crippen molar-refractivity contribution in [3.63, 3.8) is 0 Å². The normalized spacial score (nSPS) is 19.6. The molecule has 15 heteroatoms. The quantitative estimate of drug-likeness (QED) is 0.0605. The highest BCUT2D eigenvalue weighted by Crippen LogP contribution is 2.43. The molecule has 5 heterocycles. The molecule has 3 aliphatic rings. The van der Waals surface area contributed by atoms with Crippen molar-refractivity contribution < 1.29 is 33.8 Å². The largest absolute Gasteiger partial charge is 0.464 e. The first-order valence-electron chi connectivity index (χ1n) is 26.5. The number of likely N-dealkylation sites (N-methyl/N-ethyl adjacent to an activating group) is 2. The van der Waals surface area contributed by atoms with Crippen LogP contribution in [0.2, 0.25) is 0 Å². The van der Waals surface area contributed by atoms with Gasteiger partial charge < -0.3 is 39.2 Å². The zero-order valence-electron chi connectivity index (χ0n) is 45.3. The van der Waals surface area contributed by atoms with Gasteiger partial charge in [-0.2, -0.15) is 0 Å². The molecule has 3 aromatic carbocycles. The fourth-order valence-corrected chi connectivity index (χ4v) is 11.0. The lowest BCUT2D eigenvalue weighted by Crippen LogP contribution is -2.62. The van der Waals surface area contributed by atoms with E-state index in [1.165, 1.54) is 16.0 Å². The Hall–Kier alpha value is -6.65. The van der Waals surface area contributed by atoms with Gasteiger partial charge in [-0.15, -0.1) is 0 Å². The third-order valence-electron chi connectivity index (χ3n) is 15.2. The van der Waals surface area contributed by atoms with Gasteiger partial charge in [-0.1, -0.05) is 101 Å². The molecule has 3 aliphatic heterocycles. The molecule has 3 amide bonds. The first kappa shape index (κ1) is 54.6. The van der Waals surface area contributed by atoms with E-state index in [1.807, 2.05) is 69.4 Å². The Labute approximate surface area is 442 Å². The molecule has 75 heavy (non-hydrogen) atoms. The number of aliphatic hydroxyl groups excluding tert-OH is 1. The summed E-state index contributed by atoms with van der Waals surface area (Å²) in [4.78, 5) is 69.3.